The summed E-state index contributed by atoms with van der Waals surface area (Å²) >= 11 is 18.0. The van der Waals surface area contributed by atoms with Crippen LogP contribution in [-0.4, -0.2) is 13.1 Å². The molecule has 21 heavy (non-hydrogen) atoms. The predicted molar refractivity (Wildman–Crippen MR) is 86.6 cm³/mol. The molecule has 110 valence electrons. The number of halogens is 3. The average molecular weight is 345 g/mol. The number of carbonyl (C=O) groups excluding carboxylic acids is 1. The summed E-state index contributed by atoms with van der Waals surface area (Å²) in [5.41, 5.74) is 1.81. The summed E-state index contributed by atoms with van der Waals surface area (Å²) in [5.74, 6) is -0.461. The van der Waals surface area contributed by atoms with E-state index in [1.54, 1.807) is 24.3 Å². The molecular formula is C15H12Cl3NO2. The first-order valence-corrected chi connectivity index (χ1v) is 7.21. The minimum atomic E-state index is -0.461. The van der Waals surface area contributed by atoms with Gasteiger partial charge in [0.25, 0.3) is 0 Å². The van der Waals surface area contributed by atoms with Crippen LogP contribution in [0.15, 0.2) is 36.4 Å². The SMILES string of the molecule is COC(=O)c1cc(Cl)ccc1NCc1cccc(Cl)c1Cl. The van der Waals surface area contributed by atoms with E-state index in [1.807, 2.05) is 12.1 Å². The normalized spacial score (nSPS) is 10.3. The van der Waals surface area contributed by atoms with Crippen LogP contribution in [0.5, 0.6) is 0 Å². The molecule has 0 heterocycles. The van der Waals surface area contributed by atoms with E-state index in [-0.39, 0.29) is 0 Å². The molecule has 0 saturated heterocycles. The van der Waals surface area contributed by atoms with Gasteiger partial charge in [0.05, 0.1) is 22.7 Å². The molecule has 6 heteroatoms. The summed E-state index contributed by atoms with van der Waals surface area (Å²) in [7, 11) is 1.32. The van der Waals surface area contributed by atoms with Crippen molar-refractivity contribution in [3.63, 3.8) is 0 Å². The average Bonchev–Trinajstić information content (AvgIpc) is 2.49. The fourth-order valence-corrected chi connectivity index (χ4v) is 2.38. The van der Waals surface area contributed by atoms with Crippen LogP contribution in [0.25, 0.3) is 0 Å². The van der Waals surface area contributed by atoms with Crippen LogP contribution < -0.4 is 5.32 Å². The second-order valence-corrected chi connectivity index (χ2v) is 5.47. The van der Waals surface area contributed by atoms with Gasteiger partial charge in [0.1, 0.15) is 0 Å². The molecule has 2 aromatic carbocycles. The third-order valence-corrected chi connectivity index (χ3v) is 3.98. The minimum absolute atomic E-state index is 0.364. The van der Waals surface area contributed by atoms with Crippen LogP contribution in [-0.2, 0) is 11.3 Å². The van der Waals surface area contributed by atoms with Gasteiger partial charge in [-0.05, 0) is 29.8 Å². The number of carbonyl (C=O) groups is 1. The molecular weight excluding hydrogens is 333 g/mol. The number of esters is 1. The van der Waals surface area contributed by atoms with E-state index in [1.165, 1.54) is 7.11 Å². The van der Waals surface area contributed by atoms with Crippen LogP contribution in [0.1, 0.15) is 15.9 Å². The van der Waals surface area contributed by atoms with E-state index < -0.39 is 5.97 Å². The Labute approximate surface area is 137 Å². The zero-order valence-corrected chi connectivity index (χ0v) is 13.4. The number of hydrogen-bond donors (Lipinski definition) is 1. The van der Waals surface area contributed by atoms with E-state index in [9.17, 15) is 4.79 Å². The number of methoxy groups -OCH3 is 1. The number of benzene rings is 2. The highest BCUT2D eigenvalue weighted by molar-refractivity contribution is 6.42. The summed E-state index contributed by atoms with van der Waals surface area (Å²) in [6.07, 6.45) is 0. The summed E-state index contributed by atoms with van der Waals surface area (Å²) in [6.45, 7) is 0.422. The summed E-state index contributed by atoms with van der Waals surface area (Å²) < 4.78 is 4.74. The monoisotopic (exact) mass is 343 g/mol. The number of rotatable bonds is 4. The van der Waals surface area contributed by atoms with Gasteiger partial charge >= 0.3 is 5.97 Å². The van der Waals surface area contributed by atoms with E-state index in [2.05, 4.69) is 5.32 Å². The van der Waals surface area contributed by atoms with Crippen molar-refractivity contribution >= 4 is 46.5 Å². The molecule has 0 atom stereocenters. The molecule has 3 nitrogen and oxygen atoms in total. The Balaban J connectivity index is 2.24. The zero-order valence-electron chi connectivity index (χ0n) is 11.1. The maximum absolute atomic E-state index is 11.8. The van der Waals surface area contributed by atoms with Crippen molar-refractivity contribution in [2.75, 3.05) is 12.4 Å². The van der Waals surface area contributed by atoms with Gasteiger partial charge in [-0.2, -0.15) is 0 Å². The van der Waals surface area contributed by atoms with Crippen molar-refractivity contribution in [2.45, 2.75) is 6.54 Å². The van der Waals surface area contributed by atoms with Gasteiger partial charge in [-0.1, -0.05) is 46.9 Å². The molecule has 0 bridgehead atoms. The second-order valence-electron chi connectivity index (χ2n) is 4.25. The fraction of sp³-hybridized carbons (Fsp3) is 0.133. The van der Waals surface area contributed by atoms with Crippen molar-refractivity contribution in [1.82, 2.24) is 0 Å². The highest BCUT2D eigenvalue weighted by Gasteiger charge is 2.13. The third-order valence-electron chi connectivity index (χ3n) is 2.89. The van der Waals surface area contributed by atoms with E-state index >= 15 is 0 Å². The number of hydrogen-bond acceptors (Lipinski definition) is 3. The predicted octanol–water partition coefficient (Wildman–Crippen LogP) is 5.05. The molecule has 0 spiro atoms. The minimum Gasteiger partial charge on any atom is -0.465 e. The quantitative estimate of drug-likeness (QED) is 0.789. The van der Waals surface area contributed by atoms with Crippen molar-refractivity contribution in [2.24, 2.45) is 0 Å². The Kier molecular flexibility index (Phi) is 5.34. The van der Waals surface area contributed by atoms with Gasteiger partial charge in [0.15, 0.2) is 0 Å². The summed E-state index contributed by atoms with van der Waals surface area (Å²) in [5, 5.41) is 4.57. The van der Waals surface area contributed by atoms with Crippen LogP contribution >= 0.6 is 34.8 Å². The highest BCUT2D eigenvalue weighted by atomic mass is 35.5. The lowest BCUT2D eigenvalue weighted by molar-refractivity contribution is 0.0602. The molecule has 1 N–H and O–H groups in total. The van der Waals surface area contributed by atoms with E-state index in [4.69, 9.17) is 39.5 Å². The topological polar surface area (TPSA) is 38.3 Å². The summed E-state index contributed by atoms with van der Waals surface area (Å²) in [6, 6.07) is 10.3. The van der Waals surface area contributed by atoms with E-state index in [0.29, 0.717) is 32.9 Å². The lowest BCUT2D eigenvalue weighted by Crippen LogP contribution is -2.08. The Hall–Kier alpha value is -1.42. The molecule has 0 unspecified atom stereocenters. The smallest absolute Gasteiger partial charge is 0.340 e. The number of nitrogens with one attached hydrogen (secondary N) is 1. The maximum atomic E-state index is 11.8. The Bertz CT molecular complexity index is 674. The third kappa shape index (κ3) is 3.82. The molecule has 0 aliphatic carbocycles. The molecule has 2 rings (SSSR count). The first kappa shape index (κ1) is 16.0. The highest BCUT2D eigenvalue weighted by Crippen LogP contribution is 2.27. The van der Waals surface area contributed by atoms with Crippen LogP contribution in [0.2, 0.25) is 15.1 Å². The van der Waals surface area contributed by atoms with Gasteiger partial charge in [-0.25, -0.2) is 4.79 Å². The molecule has 0 amide bonds. The Morgan fingerprint density at radius 1 is 1.19 bits per heavy atom. The fourth-order valence-electron chi connectivity index (χ4n) is 1.82. The molecule has 0 aliphatic heterocycles. The lowest BCUT2D eigenvalue weighted by atomic mass is 10.1. The number of anilines is 1. The number of ether oxygens (including phenoxy) is 1. The molecule has 0 saturated carbocycles. The zero-order chi connectivity index (χ0) is 15.4. The van der Waals surface area contributed by atoms with Gasteiger partial charge in [-0.3, -0.25) is 0 Å². The van der Waals surface area contributed by atoms with Gasteiger partial charge in [-0.15, -0.1) is 0 Å². The second kappa shape index (κ2) is 7.03. The van der Waals surface area contributed by atoms with Crippen LogP contribution in [0, 0.1) is 0 Å². The van der Waals surface area contributed by atoms with Crippen LogP contribution in [0.3, 0.4) is 0 Å². The van der Waals surface area contributed by atoms with Gasteiger partial charge < -0.3 is 10.1 Å². The van der Waals surface area contributed by atoms with Crippen LogP contribution in [0.4, 0.5) is 5.69 Å². The Morgan fingerprint density at radius 2 is 1.95 bits per heavy atom. The molecule has 0 aliphatic rings. The molecule has 0 aromatic heterocycles. The molecule has 0 fully saturated rings. The summed E-state index contributed by atoms with van der Waals surface area (Å²) in [4.78, 5) is 11.8. The Morgan fingerprint density at radius 3 is 2.67 bits per heavy atom. The first-order chi connectivity index (χ1) is 10.0. The van der Waals surface area contributed by atoms with E-state index in [0.717, 1.165) is 5.56 Å². The van der Waals surface area contributed by atoms with Crippen molar-refractivity contribution < 1.29 is 9.53 Å². The van der Waals surface area contributed by atoms with Crippen molar-refractivity contribution in [1.29, 1.82) is 0 Å². The first-order valence-electron chi connectivity index (χ1n) is 6.07. The standard InChI is InChI=1S/C15H12Cl3NO2/c1-21-15(20)11-7-10(16)5-6-13(11)19-8-9-3-2-4-12(17)14(9)18/h2-7,19H,8H2,1H3. The molecule has 2 aromatic rings. The van der Waals surface area contributed by atoms with Crippen molar-refractivity contribution in [3.05, 3.63) is 62.6 Å². The lowest BCUT2D eigenvalue weighted by Gasteiger charge is -2.12. The molecule has 0 radical (unpaired) electrons. The van der Waals surface area contributed by atoms with Gasteiger partial charge in [0, 0.05) is 17.3 Å². The van der Waals surface area contributed by atoms with Gasteiger partial charge in [0.2, 0.25) is 0 Å². The maximum Gasteiger partial charge on any atom is 0.340 e. The largest absolute Gasteiger partial charge is 0.465 e. The van der Waals surface area contributed by atoms with Crippen molar-refractivity contribution in [3.8, 4) is 0 Å².